The highest BCUT2D eigenvalue weighted by Gasteiger charge is 2.13. The van der Waals surface area contributed by atoms with Gasteiger partial charge in [0.25, 0.3) is 16.0 Å². The van der Waals surface area contributed by atoms with Crippen LogP contribution in [0, 0.1) is 25.2 Å². The van der Waals surface area contributed by atoms with E-state index in [1.54, 1.807) is 6.07 Å². The van der Waals surface area contributed by atoms with Gasteiger partial charge in [-0.05, 0) is 43.7 Å². The Kier molecular flexibility index (Phi) is 5.77. The summed E-state index contributed by atoms with van der Waals surface area (Å²) < 4.78 is 31.3. The van der Waals surface area contributed by atoms with Crippen molar-refractivity contribution in [3.63, 3.8) is 0 Å². The van der Waals surface area contributed by atoms with Crippen LogP contribution in [0.4, 0.5) is 11.4 Å². The molecule has 26 heavy (non-hydrogen) atoms. The van der Waals surface area contributed by atoms with Crippen LogP contribution >= 0.6 is 0 Å². The average molecular weight is 371 g/mol. The van der Waals surface area contributed by atoms with E-state index in [9.17, 15) is 18.5 Å². The van der Waals surface area contributed by atoms with Gasteiger partial charge in [0.2, 0.25) is 0 Å². The molecule has 0 saturated carbocycles. The van der Waals surface area contributed by atoms with Crippen LogP contribution in [0.2, 0.25) is 0 Å². The summed E-state index contributed by atoms with van der Waals surface area (Å²) in [5, 5.41) is 14.5. The zero-order valence-electron chi connectivity index (χ0n) is 14.1. The second-order valence-corrected chi connectivity index (χ2v) is 7.01. The smallest absolute Gasteiger partial charge is 0.294 e. The number of benzene rings is 2. The van der Waals surface area contributed by atoms with Crippen molar-refractivity contribution < 1.29 is 17.8 Å². The number of carbonyl (C=O) groups excluding carboxylic acids is 1. The maximum absolute atomic E-state index is 12.2. The highest BCUT2D eigenvalue weighted by Crippen LogP contribution is 2.18. The number of nitrogens with one attached hydrogen (secondary N) is 2. The molecule has 7 nitrogen and oxygen atoms in total. The molecule has 0 atom stereocenters. The quantitative estimate of drug-likeness (QED) is 0.422. The first kappa shape index (κ1) is 19.2. The van der Waals surface area contributed by atoms with Crippen molar-refractivity contribution in [2.75, 3.05) is 10.6 Å². The van der Waals surface area contributed by atoms with Gasteiger partial charge in [0.1, 0.15) is 11.6 Å². The lowest BCUT2D eigenvalue weighted by Crippen LogP contribution is -2.15. The van der Waals surface area contributed by atoms with Gasteiger partial charge in [-0.15, -0.1) is 0 Å². The molecule has 0 unspecified atom stereocenters. The fraction of sp³-hybridized carbons (Fsp3) is 0.111. The monoisotopic (exact) mass is 371 g/mol. The summed E-state index contributed by atoms with van der Waals surface area (Å²) in [5.41, 5.74) is 2.75. The maximum atomic E-state index is 12.2. The van der Waals surface area contributed by atoms with E-state index in [4.69, 9.17) is 4.55 Å². The molecule has 2 rings (SSSR count). The third-order valence-corrected chi connectivity index (χ3v) is 4.36. The molecular formula is C18H17N3O4S. The molecule has 134 valence electrons. The molecule has 0 aliphatic rings. The number of amides is 1. The molecule has 0 fully saturated rings. The topological polar surface area (TPSA) is 119 Å². The molecule has 8 heteroatoms. The number of anilines is 2. The Labute approximate surface area is 151 Å². The Bertz CT molecular complexity index is 1020. The lowest BCUT2D eigenvalue weighted by molar-refractivity contribution is -0.112. The molecule has 0 aromatic heterocycles. The second kappa shape index (κ2) is 7.82. The van der Waals surface area contributed by atoms with Crippen molar-refractivity contribution in [3.8, 4) is 6.07 Å². The van der Waals surface area contributed by atoms with E-state index < -0.39 is 16.0 Å². The minimum atomic E-state index is -4.38. The number of aryl methyl sites for hydroxylation is 2. The van der Waals surface area contributed by atoms with Crippen LogP contribution in [0.3, 0.4) is 0 Å². The van der Waals surface area contributed by atoms with Crippen molar-refractivity contribution in [2.45, 2.75) is 18.7 Å². The first-order valence-electron chi connectivity index (χ1n) is 7.53. The van der Waals surface area contributed by atoms with Crippen LogP contribution in [0.15, 0.2) is 59.1 Å². The SMILES string of the molecule is Cc1ccc(N/C=C(/C#N)C(=O)Nc2cccc(S(=O)(=O)O)c2)c(C)c1. The van der Waals surface area contributed by atoms with E-state index in [2.05, 4.69) is 10.6 Å². The van der Waals surface area contributed by atoms with Crippen molar-refractivity contribution in [3.05, 3.63) is 65.4 Å². The summed E-state index contributed by atoms with van der Waals surface area (Å²) in [5.74, 6) is -0.711. The number of nitrogens with zero attached hydrogens (tertiary/aromatic N) is 1. The van der Waals surface area contributed by atoms with E-state index in [1.165, 1.54) is 24.4 Å². The van der Waals surface area contributed by atoms with Gasteiger partial charge in [0.05, 0.1) is 4.90 Å². The molecule has 0 spiro atoms. The van der Waals surface area contributed by atoms with E-state index in [0.717, 1.165) is 22.9 Å². The van der Waals surface area contributed by atoms with Gasteiger partial charge < -0.3 is 10.6 Å². The van der Waals surface area contributed by atoms with Crippen molar-refractivity contribution in [1.29, 1.82) is 5.26 Å². The predicted octanol–water partition coefficient (Wildman–Crippen LogP) is 3.01. The molecule has 0 radical (unpaired) electrons. The van der Waals surface area contributed by atoms with E-state index in [-0.39, 0.29) is 16.2 Å². The molecular weight excluding hydrogens is 354 g/mol. The first-order chi connectivity index (χ1) is 12.2. The molecule has 3 N–H and O–H groups in total. The van der Waals surface area contributed by atoms with Gasteiger partial charge >= 0.3 is 0 Å². The number of hydrogen-bond acceptors (Lipinski definition) is 5. The van der Waals surface area contributed by atoms with Gasteiger partial charge in [-0.25, -0.2) is 0 Å². The normalized spacial score (nSPS) is 11.5. The summed E-state index contributed by atoms with van der Waals surface area (Å²) >= 11 is 0. The molecule has 0 saturated heterocycles. The minimum absolute atomic E-state index is 0.137. The van der Waals surface area contributed by atoms with Crippen molar-refractivity contribution >= 4 is 27.4 Å². The van der Waals surface area contributed by atoms with Crippen LogP contribution in [0.1, 0.15) is 11.1 Å². The Morgan fingerprint density at radius 2 is 1.92 bits per heavy atom. The summed E-state index contributed by atoms with van der Waals surface area (Å²) in [6.45, 7) is 3.86. The van der Waals surface area contributed by atoms with Crippen LogP contribution in [-0.4, -0.2) is 18.9 Å². The van der Waals surface area contributed by atoms with Crippen molar-refractivity contribution in [2.24, 2.45) is 0 Å². The van der Waals surface area contributed by atoms with Crippen LogP contribution in [0.25, 0.3) is 0 Å². The molecule has 0 bridgehead atoms. The van der Waals surface area contributed by atoms with Gasteiger partial charge in [0.15, 0.2) is 0 Å². The zero-order valence-corrected chi connectivity index (χ0v) is 15.0. The standard InChI is InChI=1S/C18H17N3O4S/c1-12-6-7-17(13(2)8-12)20-11-14(10-19)18(22)21-15-4-3-5-16(9-15)26(23,24)25/h3-9,11,20H,1-2H3,(H,21,22)(H,23,24,25)/b14-11-. The van der Waals surface area contributed by atoms with E-state index in [0.29, 0.717) is 0 Å². The number of nitriles is 1. The highest BCUT2D eigenvalue weighted by atomic mass is 32.2. The Morgan fingerprint density at radius 1 is 1.19 bits per heavy atom. The second-order valence-electron chi connectivity index (χ2n) is 5.59. The number of carbonyl (C=O) groups is 1. The van der Waals surface area contributed by atoms with Crippen molar-refractivity contribution in [1.82, 2.24) is 0 Å². The highest BCUT2D eigenvalue weighted by molar-refractivity contribution is 7.85. The van der Waals surface area contributed by atoms with Gasteiger partial charge in [-0.2, -0.15) is 13.7 Å². The van der Waals surface area contributed by atoms with E-state index in [1.807, 2.05) is 32.0 Å². The molecule has 0 aliphatic carbocycles. The third kappa shape index (κ3) is 4.92. The lowest BCUT2D eigenvalue weighted by atomic mass is 10.1. The number of hydrogen-bond donors (Lipinski definition) is 3. The summed E-state index contributed by atoms with van der Waals surface area (Å²) in [4.78, 5) is 11.9. The van der Waals surface area contributed by atoms with E-state index >= 15 is 0 Å². The van der Waals surface area contributed by atoms with Crippen LogP contribution in [-0.2, 0) is 14.9 Å². The molecule has 0 aliphatic heterocycles. The summed E-state index contributed by atoms with van der Waals surface area (Å²) in [7, 11) is -4.38. The average Bonchev–Trinajstić information content (AvgIpc) is 2.56. The molecule has 1 amide bonds. The fourth-order valence-corrected chi connectivity index (χ4v) is 2.73. The first-order valence-corrected chi connectivity index (χ1v) is 8.97. The largest absolute Gasteiger partial charge is 0.360 e. The van der Waals surface area contributed by atoms with Gasteiger partial charge in [-0.1, -0.05) is 23.8 Å². The Morgan fingerprint density at radius 3 is 2.54 bits per heavy atom. The minimum Gasteiger partial charge on any atom is -0.360 e. The fourth-order valence-electron chi connectivity index (χ4n) is 2.21. The summed E-state index contributed by atoms with van der Waals surface area (Å²) in [6.07, 6.45) is 1.28. The third-order valence-electron chi connectivity index (χ3n) is 3.51. The van der Waals surface area contributed by atoms with Crippen LogP contribution < -0.4 is 10.6 Å². The van der Waals surface area contributed by atoms with Gasteiger partial charge in [-0.3, -0.25) is 9.35 Å². The molecule has 0 heterocycles. The Hall–Kier alpha value is -3.15. The Balaban J connectivity index is 2.17. The number of rotatable bonds is 5. The van der Waals surface area contributed by atoms with Gasteiger partial charge in [0, 0.05) is 17.6 Å². The maximum Gasteiger partial charge on any atom is 0.294 e. The zero-order chi connectivity index (χ0) is 19.3. The molecule has 2 aromatic rings. The predicted molar refractivity (Wildman–Crippen MR) is 98.1 cm³/mol. The van der Waals surface area contributed by atoms with Crippen LogP contribution in [0.5, 0.6) is 0 Å². The lowest BCUT2D eigenvalue weighted by Gasteiger charge is -2.08. The molecule has 2 aromatic carbocycles. The summed E-state index contributed by atoms with van der Waals surface area (Å²) in [6, 6.07) is 12.6.